The molecule has 0 radical (unpaired) electrons. The Morgan fingerprint density at radius 3 is 2.55 bits per heavy atom. The highest BCUT2D eigenvalue weighted by Gasteiger charge is 2.23. The van der Waals surface area contributed by atoms with E-state index in [2.05, 4.69) is 16.0 Å². The predicted octanol–water partition coefficient (Wildman–Crippen LogP) is 3.22. The Labute approximate surface area is 127 Å². The third kappa shape index (κ3) is 7.30. The summed E-state index contributed by atoms with van der Waals surface area (Å²) >= 11 is 5.51. The zero-order chi connectivity index (χ0) is 15.7. The van der Waals surface area contributed by atoms with Crippen molar-refractivity contribution in [2.45, 2.75) is 32.4 Å². The van der Waals surface area contributed by atoms with Gasteiger partial charge in [-0.3, -0.25) is 4.67 Å². The van der Waals surface area contributed by atoms with Crippen LogP contribution in [-0.4, -0.2) is 34.8 Å². The van der Waals surface area contributed by atoms with Gasteiger partial charge >= 0.3 is 0 Å². The highest BCUT2D eigenvalue weighted by Crippen LogP contribution is 2.23. The van der Waals surface area contributed by atoms with E-state index in [0.717, 1.165) is 0 Å². The van der Waals surface area contributed by atoms with E-state index in [0.29, 0.717) is 6.29 Å². The number of hydrogen-bond acceptors (Lipinski definition) is 3. The van der Waals surface area contributed by atoms with Crippen molar-refractivity contribution >= 4 is 27.3 Å². The first-order chi connectivity index (χ1) is 9.33. The van der Waals surface area contributed by atoms with Crippen molar-refractivity contribution in [3.05, 3.63) is 35.7 Å². The average molecular weight is 322 g/mol. The lowest BCUT2D eigenvalue weighted by Crippen LogP contribution is -2.37. The summed E-state index contributed by atoms with van der Waals surface area (Å²) in [6, 6.07) is -0.141. The van der Waals surface area contributed by atoms with Crippen LogP contribution in [0.15, 0.2) is 35.7 Å². The Bertz CT molecular complexity index is 385. The Morgan fingerprint density at radius 2 is 2.15 bits per heavy atom. The van der Waals surface area contributed by atoms with Crippen molar-refractivity contribution in [1.29, 1.82) is 0 Å². The van der Waals surface area contributed by atoms with Crippen LogP contribution in [0.25, 0.3) is 0 Å². The Kier molecular flexibility index (Phi) is 9.95. The quantitative estimate of drug-likeness (QED) is 0.403. The first kappa shape index (κ1) is 19.5. The molecular formula is C14H22ClFNO2P. The van der Waals surface area contributed by atoms with Gasteiger partial charge in [0.1, 0.15) is 12.1 Å². The number of nitrogens with zero attached hydrogens (tertiary/aromatic N) is 1. The summed E-state index contributed by atoms with van der Waals surface area (Å²) in [5.74, 6) is -1.45. The molecule has 2 unspecified atom stereocenters. The molecule has 0 saturated carbocycles. The lowest BCUT2D eigenvalue weighted by atomic mass is 9.99. The SMILES string of the molecule is C=C(Cl)/C=C\C=C(/F)C(C=O)C[C@H](CO)N(P)C(C)C. The maximum absolute atomic E-state index is 13.9. The molecule has 0 amide bonds. The molecule has 0 rings (SSSR count). The van der Waals surface area contributed by atoms with Crippen LogP contribution < -0.4 is 0 Å². The van der Waals surface area contributed by atoms with Gasteiger partial charge in [0.05, 0.1) is 12.5 Å². The third-order valence-corrected chi connectivity index (χ3v) is 3.95. The summed E-state index contributed by atoms with van der Waals surface area (Å²) in [4.78, 5) is 11.0. The van der Waals surface area contributed by atoms with E-state index in [1.165, 1.54) is 18.2 Å². The number of aldehydes is 1. The van der Waals surface area contributed by atoms with E-state index < -0.39 is 11.7 Å². The number of carbonyl (C=O) groups excluding carboxylic acids is 1. The summed E-state index contributed by atoms with van der Waals surface area (Å²) in [6.45, 7) is 7.19. The second-order valence-electron chi connectivity index (χ2n) is 4.71. The van der Waals surface area contributed by atoms with Crippen LogP contribution in [0.4, 0.5) is 4.39 Å². The maximum atomic E-state index is 13.9. The van der Waals surface area contributed by atoms with E-state index in [9.17, 15) is 14.3 Å². The van der Waals surface area contributed by atoms with Crippen LogP contribution in [0.2, 0.25) is 0 Å². The van der Waals surface area contributed by atoms with Crippen LogP contribution in [0, 0.1) is 5.92 Å². The summed E-state index contributed by atoms with van der Waals surface area (Å²) in [5.41, 5.74) is 0. The van der Waals surface area contributed by atoms with Crippen LogP contribution in [-0.2, 0) is 4.79 Å². The Hall–Kier alpha value is -0.540. The first-order valence-corrected chi connectivity index (χ1v) is 7.20. The second kappa shape index (κ2) is 10.2. The van der Waals surface area contributed by atoms with E-state index in [1.54, 1.807) is 0 Å². The van der Waals surface area contributed by atoms with E-state index in [4.69, 9.17) is 11.6 Å². The highest BCUT2D eigenvalue weighted by atomic mass is 35.5. The first-order valence-electron chi connectivity index (χ1n) is 6.30. The Morgan fingerprint density at radius 1 is 1.55 bits per heavy atom. The monoisotopic (exact) mass is 321 g/mol. The number of rotatable bonds is 9. The van der Waals surface area contributed by atoms with Crippen molar-refractivity contribution in [3.8, 4) is 0 Å². The van der Waals surface area contributed by atoms with Gasteiger partial charge < -0.3 is 9.90 Å². The van der Waals surface area contributed by atoms with Gasteiger partial charge in [0, 0.05) is 17.1 Å². The lowest BCUT2D eigenvalue weighted by Gasteiger charge is -2.30. The molecule has 0 bridgehead atoms. The van der Waals surface area contributed by atoms with Crippen LogP contribution in [0.3, 0.4) is 0 Å². The zero-order valence-corrected chi connectivity index (χ0v) is 13.7. The van der Waals surface area contributed by atoms with Crippen LogP contribution >= 0.6 is 21.0 Å². The largest absolute Gasteiger partial charge is 0.395 e. The van der Waals surface area contributed by atoms with Crippen LogP contribution in [0.1, 0.15) is 20.3 Å². The highest BCUT2D eigenvalue weighted by molar-refractivity contribution is 7.13. The fourth-order valence-electron chi connectivity index (χ4n) is 1.61. The second-order valence-corrected chi connectivity index (χ2v) is 5.79. The molecule has 0 heterocycles. The van der Waals surface area contributed by atoms with Gasteiger partial charge in [-0.1, -0.05) is 33.6 Å². The van der Waals surface area contributed by atoms with Crippen molar-refractivity contribution in [1.82, 2.24) is 4.67 Å². The van der Waals surface area contributed by atoms with E-state index in [1.807, 2.05) is 18.5 Å². The van der Waals surface area contributed by atoms with Crippen molar-refractivity contribution < 1.29 is 14.3 Å². The van der Waals surface area contributed by atoms with Gasteiger partial charge in [0.25, 0.3) is 0 Å². The van der Waals surface area contributed by atoms with Crippen molar-refractivity contribution in [2.75, 3.05) is 6.61 Å². The van der Waals surface area contributed by atoms with Gasteiger partial charge in [-0.15, -0.1) is 0 Å². The summed E-state index contributed by atoms with van der Waals surface area (Å²) in [6.07, 6.45) is 4.78. The molecule has 0 aromatic carbocycles. The molecule has 0 fully saturated rings. The van der Waals surface area contributed by atoms with Crippen molar-refractivity contribution in [3.63, 3.8) is 0 Å². The molecule has 0 saturated heterocycles. The van der Waals surface area contributed by atoms with E-state index in [-0.39, 0.29) is 30.1 Å². The molecule has 0 aliphatic heterocycles. The predicted molar refractivity (Wildman–Crippen MR) is 85.1 cm³/mol. The number of aliphatic hydroxyl groups excluding tert-OH is 1. The standard InChI is InChI=1S/C14H22ClFNO2P/c1-10(2)17(20)13(9-19)7-12(8-18)14(16)6-4-5-11(3)15/h4-6,8,10,12-13,19H,3,7,9,20H2,1-2H3/b5-4-,14-6-/t12?,13-/m1/s1. The molecule has 0 aliphatic rings. The Balaban J connectivity index is 4.82. The number of halogens is 2. The molecule has 3 nitrogen and oxygen atoms in total. The summed E-state index contributed by atoms with van der Waals surface area (Å²) in [5, 5.41) is 9.64. The minimum atomic E-state index is -0.887. The maximum Gasteiger partial charge on any atom is 0.129 e. The molecule has 0 spiro atoms. The number of hydrogen-bond donors (Lipinski definition) is 1. The summed E-state index contributed by atoms with van der Waals surface area (Å²) in [7, 11) is 2.50. The van der Waals surface area contributed by atoms with E-state index >= 15 is 0 Å². The van der Waals surface area contributed by atoms with Gasteiger partial charge in [-0.05, 0) is 32.4 Å². The zero-order valence-electron chi connectivity index (χ0n) is 11.8. The average Bonchev–Trinajstić information content (AvgIpc) is 2.38. The fourth-order valence-corrected chi connectivity index (χ4v) is 1.90. The van der Waals surface area contributed by atoms with Gasteiger partial charge in [0.2, 0.25) is 0 Å². The molecular weight excluding hydrogens is 300 g/mol. The van der Waals surface area contributed by atoms with Crippen molar-refractivity contribution in [2.24, 2.45) is 5.92 Å². The molecule has 0 aromatic rings. The lowest BCUT2D eigenvalue weighted by molar-refractivity contribution is -0.111. The van der Waals surface area contributed by atoms with Gasteiger partial charge in [0.15, 0.2) is 0 Å². The molecule has 6 heteroatoms. The molecule has 114 valence electrons. The normalized spacial score (nSPS) is 15.9. The molecule has 3 atom stereocenters. The third-order valence-electron chi connectivity index (χ3n) is 2.81. The van der Waals surface area contributed by atoms with Gasteiger partial charge in [-0.25, -0.2) is 4.39 Å². The fraction of sp³-hybridized carbons (Fsp3) is 0.500. The molecule has 0 aliphatic carbocycles. The number of allylic oxidation sites excluding steroid dienone is 5. The molecule has 0 aromatic heterocycles. The minimum Gasteiger partial charge on any atom is -0.395 e. The smallest absolute Gasteiger partial charge is 0.129 e. The topological polar surface area (TPSA) is 40.5 Å². The number of aliphatic hydroxyl groups is 1. The van der Waals surface area contributed by atoms with Gasteiger partial charge in [-0.2, -0.15) is 0 Å². The molecule has 1 N–H and O–H groups in total. The summed E-state index contributed by atoms with van der Waals surface area (Å²) < 4.78 is 15.7. The number of carbonyl (C=O) groups is 1. The minimum absolute atomic E-state index is 0.145. The molecule has 20 heavy (non-hydrogen) atoms. The van der Waals surface area contributed by atoms with Crippen LogP contribution in [0.5, 0.6) is 0 Å².